The van der Waals surface area contributed by atoms with Crippen molar-refractivity contribution in [2.45, 2.75) is 69.8 Å². The molecule has 3 rings (SSSR count). The van der Waals surface area contributed by atoms with Crippen LogP contribution in [0.3, 0.4) is 0 Å². The molecule has 44 heavy (non-hydrogen) atoms. The first-order valence-electron chi connectivity index (χ1n) is 14.3. The molecule has 0 saturated heterocycles. The molecule has 2 aliphatic rings. The lowest BCUT2D eigenvalue weighted by molar-refractivity contribution is -0.114. The number of nitrogens with one attached hydrogen (secondary N) is 2. The highest BCUT2D eigenvalue weighted by Gasteiger charge is 2.33. The van der Waals surface area contributed by atoms with Crippen LogP contribution in [-0.4, -0.2) is 79.6 Å². The minimum Gasteiger partial charge on any atom is -0.505 e. The maximum absolute atomic E-state index is 13.3. The molecule has 0 radical (unpaired) electrons. The SMILES string of the molecule is COc1c2c(O)c(c3c1NC(=O)CS3)NC(=O)/C(C)=C\C=C\[C@@H](OC)[C@H](OC(N)=O)/C(C)=C\[C@@H](C)[C@@H](O)[C@H](OC)C[C@@H](C)C2. The molecule has 0 fully saturated rings. The zero-order valence-electron chi connectivity index (χ0n) is 26.1. The maximum atomic E-state index is 13.3. The molecule has 6 N–H and O–H groups in total. The number of methoxy groups -OCH3 is 3. The molecule has 2 bridgehead atoms. The zero-order valence-corrected chi connectivity index (χ0v) is 26.9. The van der Waals surface area contributed by atoms with Gasteiger partial charge >= 0.3 is 6.09 Å². The van der Waals surface area contributed by atoms with Gasteiger partial charge in [-0.2, -0.15) is 0 Å². The molecular formula is C31H43N3O9S. The first-order valence-corrected chi connectivity index (χ1v) is 15.2. The number of aliphatic hydroxyl groups is 1. The van der Waals surface area contributed by atoms with Crippen molar-refractivity contribution >= 4 is 41.0 Å². The van der Waals surface area contributed by atoms with Crippen LogP contribution in [0.5, 0.6) is 11.5 Å². The van der Waals surface area contributed by atoms with Gasteiger partial charge in [0.25, 0.3) is 5.91 Å². The van der Waals surface area contributed by atoms with E-state index >= 15 is 0 Å². The number of phenolic OH excluding ortho intramolecular Hbond substituents is 1. The lowest BCUT2D eigenvalue weighted by Gasteiger charge is -2.30. The number of amides is 3. The van der Waals surface area contributed by atoms with Crippen molar-refractivity contribution in [1.82, 2.24) is 0 Å². The van der Waals surface area contributed by atoms with Crippen molar-refractivity contribution in [3.63, 3.8) is 0 Å². The summed E-state index contributed by atoms with van der Waals surface area (Å²) in [6.45, 7) is 7.11. The van der Waals surface area contributed by atoms with Gasteiger partial charge in [0, 0.05) is 31.3 Å². The molecule has 0 aromatic heterocycles. The number of thioether (sulfide) groups is 1. The molecule has 0 saturated carbocycles. The van der Waals surface area contributed by atoms with Crippen molar-refractivity contribution < 1.29 is 43.5 Å². The van der Waals surface area contributed by atoms with Crippen LogP contribution in [0.15, 0.2) is 40.3 Å². The number of aromatic hydroxyl groups is 1. The van der Waals surface area contributed by atoms with E-state index in [2.05, 4.69) is 10.6 Å². The Kier molecular flexibility index (Phi) is 12.3. The Hall–Kier alpha value is -3.52. The highest BCUT2D eigenvalue weighted by Crippen LogP contribution is 2.52. The van der Waals surface area contributed by atoms with Gasteiger partial charge in [0.2, 0.25) is 5.91 Å². The maximum Gasteiger partial charge on any atom is 0.405 e. The average Bonchev–Trinajstić information content (AvgIpc) is 2.98. The minimum atomic E-state index is -0.992. The second kappa shape index (κ2) is 15.5. The molecule has 12 nitrogen and oxygen atoms in total. The Bertz CT molecular complexity index is 1340. The van der Waals surface area contributed by atoms with Crippen LogP contribution in [0.25, 0.3) is 0 Å². The van der Waals surface area contributed by atoms with Crippen molar-refractivity contribution in [2.75, 3.05) is 37.7 Å². The fraction of sp³-hybridized carbons (Fsp3) is 0.516. The number of phenols is 1. The van der Waals surface area contributed by atoms with Crippen molar-refractivity contribution in [3.05, 3.63) is 41.0 Å². The van der Waals surface area contributed by atoms with E-state index in [1.54, 1.807) is 38.2 Å². The fourth-order valence-electron chi connectivity index (χ4n) is 5.44. The van der Waals surface area contributed by atoms with Crippen LogP contribution in [0.1, 0.15) is 39.7 Å². The largest absolute Gasteiger partial charge is 0.505 e. The Morgan fingerprint density at radius 3 is 2.41 bits per heavy atom. The number of nitrogens with two attached hydrogens (primary N) is 1. The Labute approximate surface area is 262 Å². The first-order chi connectivity index (χ1) is 20.8. The molecular weight excluding hydrogens is 590 g/mol. The number of benzene rings is 1. The molecule has 0 unspecified atom stereocenters. The van der Waals surface area contributed by atoms with Crippen LogP contribution < -0.4 is 21.1 Å². The van der Waals surface area contributed by atoms with Gasteiger partial charge in [-0.25, -0.2) is 4.79 Å². The Morgan fingerprint density at radius 1 is 1.09 bits per heavy atom. The summed E-state index contributed by atoms with van der Waals surface area (Å²) in [6, 6.07) is 0. The van der Waals surface area contributed by atoms with Gasteiger partial charge in [-0.1, -0.05) is 38.2 Å². The number of rotatable bonds is 4. The number of primary amides is 1. The molecule has 3 amide bonds. The quantitative estimate of drug-likeness (QED) is 0.185. The highest BCUT2D eigenvalue weighted by molar-refractivity contribution is 8.00. The number of ether oxygens (including phenoxy) is 4. The second-order valence-electron chi connectivity index (χ2n) is 11.1. The van der Waals surface area contributed by atoms with E-state index < -0.39 is 42.3 Å². The molecule has 13 heteroatoms. The number of carbonyl (C=O) groups is 3. The van der Waals surface area contributed by atoms with Crippen molar-refractivity contribution in [3.8, 4) is 11.5 Å². The summed E-state index contributed by atoms with van der Waals surface area (Å²) in [5, 5.41) is 28.5. The lowest BCUT2D eigenvalue weighted by atomic mass is 9.87. The van der Waals surface area contributed by atoms with Crippen LogP contribution in [0.4, 0.5) is 16.2 Å². The number of anilines is 2. The highest BCUT2D eigenvalue weighted by atomic mass is 32.2. The van der Waals surface area contributed by atoms with Crippen molar-refractivity contribution in [2.24, 2.45) is 17.6 Å². The molecule has 1 aromatic rings. The van der Waals surface area contributed by atoms with E-state index in [4.69, 9.17) is 24.7 Å². The van der Waals surface area contributed by atoms with E-state index in [9.17, 15) is 24.6 Å². The number of allylic oxidation sites excluding steroid dienone is 2. The van der Waals surface area contributed by atoms with E-state index in [0.717, 1.165) is 0 Å². The van der Waals surface area contributed by atoms with Gasteiger partial charge in [-0.05, 0) is 38.2 Å². The van der Waals surface area contributed by atoms with Crippen LogP contribution in [-0.2, 0) is 30.2 Å². The first kappa shape index (κ1) is 35.0. The summed E-state index contributed by atoms with van der Waals surface area (Å²) in [4.78, 5) is 38.0. The van der Waals surface area contributed by atoms with Gasteiger partial charge in [-0.3, -0.25) is 9.59 Å². The summed E-state index contributed by atoms with van der Waals surface area (Å²) in [5.74, 6) is -1.08. The zero-order chi connectivity index (χ0) is 32.7. The third-order valence-electron chi connectivity index (χ3n) is 7.74. The Morgan fingerprint density at radius 2 is 1.80 bits per heavy atom. The van der Waals surface area contributed by atoms with E-state index in [0.29, 0.717) is 39.5 Å². The predicted molar refractivity (Wildman–Crippen MR) is 168 cm³/mol. The molecule has 0 spiro atoms. The van der Waals surface area contributed by atoms with Gasteiger partial charge in [0.15, 0.2) is 11.9 Å². The van der Waals surface area contributed by atoms with Gasteiger partial charge in [0.1, 0.15) is 11.9 Å². The standard InChI is InChI=1S/C31H43N3O9S/c1-15-11-19-26(37)23(29-24(28(19)42-7)33-22(35)14-44-29)34-30(38)16(2)9-8-10-20(40-5)27(43-31(32)39)18(4)13-17(3)25(36)21(12-15)41-6/h8-10,13,15,17,20-21,25,27,36-37H,11-12,14H2,1-7H3,(H2,32,39)(H,33,35)(H,34,38)/b10-8+,16-9-,18-13-/t15-,17+,20+,21+,25+,27+/m0/s1. The van der Waals surface area contributed by atoms with E-state index in [-0.39, 0.29) is 35.4 Å². The summed E-state index contributed by atoms with van der Waals surface area (Å²) < 4.78 is 22.4. The fourth-order valence-corrected chi connectivity index (χ4v) is 6.37. The van der Waals surface area contributed by atoms with Gasteiger partial charge < -0.3 is 45.5 Å². The Balaban J connectivity index is 2.18. The third-order valence-corrected chi connectivity index (χ3v) is 8.84. The molecule has 2 aliphatic heterocycles. The smallest absolute Gasteiger partial charge is 0.405 e. The molecule has 6 atom stereocenters. The second-order valence-corrected chi connectivity index (χ2v) is 12.1. The topological polar surface area (TPSA) is 179 Å². The van der Waals surface area contributed by atoms with E-state index in [1.807, 2.05) is 13.8 Å². The number of fused-ring (bicyclic) bond motifs is 4. The van der Waals surface area contributed by atoms with Crippen LogP contribution >= 0.6 is 11.8 Å². The molecule has 242 valence electrons. The summed E-state index contributed by atoms with van der Waals surface area (Å²) in [5.41, 5.74) is 7.21. The van der Waals surface area contributed by atoms with Crippen LogP contribution in [0.2, 0.25) is 0 Å². The predicted octanol–water partition coefficient (Wildman–Crippen LogP) is 3.91. The summed E-state index contributed by atoms with van der Waals surface area (Å²) in [6.07, 6.45) is 3.00. The molecule has 2 heterocycles. The van der Waals surface area contributed by atoms with Crippen LogP contribution in [0, 0.1) is 11.8 Å². The minimum absolute atomic E-state index is 0.0950. The number of hydrogen-bond donors (Lipinski definition) is 5. The molecule has 1 aromatic carbocycles. The number of aliphatic hydroxyl groups excluding tert-OH is 1. The lowest BCUT2D eigenvalue weighted by Crippen LogP contribution is -2.37. The van der Waals surface area contributed by atoms with Gasteiger partial charge in [0.05, 0.1) is 41.3 Å². The average molecular weight is 634 g/mol. The normalized spacial score (nSPS) is 30.0. The summed E-state index contributed by atoms with van der Waals surface area (Å²) >= 11 is 1.18. The van der Waals surface area contributed by atoms with Crippen molar-refractivity contribution in [1.29, 1.82) is 0 Å². The number of hydrogen-bond acceptors (Lipinski definition) is 10. The monoisotopic (exact) mass is 633 g/mol. The summed E-state index contributed by atoms with van der Waals surface area (Å²) in [7, 11) is 4.41. The molecule has 0 aliphatic carbocycles. The number of carbonyl (C=O) groups excluding carboxylic acids is 3. The van der Waals surface area contributed by atoms with E-state index in [1.165, 1.54) is 33.1 Å². The van der Waals surface area contributed by atoms with Gasteiger partial charge in [-0.15, -0.1) is 11.8 Å². The third kappa shape index (κ3) is 8.14.